The van der Waals surface area contributed by atoms with Crippen LogP contribution in [0.3, 0.4) is 0 Å². The summed E-state index contributed by atoms with van der Waals surface area (Å²) in [5, 5.41) is 101. The van der Waals surface area contributed by atoms with Crippen LogP contribution in [0.15, 0.2) is 157 Å². The molecule has 0 aliphatic carbocycles. The van der Waals surface area contributed by atoms with Gasteiger partial charge in [0.25, 0.3) is 0 Å². The van der Waals surface area contributed by atoms with Gasteiger partial charge in [-0.05, 0) is 170 Å². The molecule has 0 radical (unpaired) electrons. The first kappa shape index (κ1) is 97.2. The zero-order valence-electron chi connectivity index (χ0n) is 69.8. The fourth-order valence-electron chi connectivity index (χ4n) is 13.1. The molecule has 0 bridgehead atoms. The fourth-order valence-corrected chi connectivity index (χ4v) is 13.1. The number of aliphatic imine (C=N–C) groups is 2. The molecule has 3 saturated heterocycles. The molecule has 51 heteroatoms. The van der Waals surface area contributed by atoms with Crippen LogP contribution in [0, 0.1) is 0 Å². The minimum atomic E-state index is -1.36. The van der Waals surface area contributed by atoms with Gasteiger partial charge in [-0.3, -0.25) is 39.7 Å². The molecule has 125 heavy (non-hydrogen) atoms. The maximum absolute atomic E-state index is 13.6. The Kier molecular flexibility index (Phi) is 36.4. The molecule has 15 atom stereocenters. The lowest BCUT2D eigenvalue weighted by molar-refractivity contribution is -0.125. The summed E-state index contributed by atoms with van der Waals surface area (Å²) < 4.78 is 65.9. The number of anilines is 2. The lowest BCUT2D eigenvalue weighted by Gasteiger charge is -2.41. The van der Waals surface area contributed by atoms with Crippen molar-refractivity contribution in [2.24, 2.45) is 24.7 Å². The Bertz CT molecular complexity index is 4450. The maximum Gasteiger partial charge on any atom is 0.508 e. The zero-order valence-corrected chi connectivity index (χ0v) is 69.8. The predicted octanol–water partition coefficient (Wildman–Crippen LogP) is 1.27. The van der Waals surface area contributed by atoms with Gasteiger partial charge in [-0.2, -0.15) is 9.98 Å². The molecule has 10 rings (SSSR count). The lowest BCUT2D eigenvalue weighted by Crippen LogP contribution is -2.65. The molecule has 0 unspecified atom stereocenters. The van der Waals surface area contributed by atoms with E-state index in [0.29, 0.717) is 57.9 Å². The molecule has 4 aromatic carbocycles. The summed E-state index contributed by atoms with van der Waals surface area (Å²) in [5.41, 5.74) is 3.34. The number of ether oxygens (including phenoxy) is 12. The topological polar surface area (TPSA) is 617 Å². The Morgan fingerprint density at radius 3 is 1.02 bits per heavy atom. The Morgan fingerprint density at radius 2 is 0.744 bits per heavy atom. The third-order valence-corrected chi connectivity index (χ3v) is 17.9. The van der Waals surface area contributed by atoms with Crippen molar-refractivity contribution in [3.8, 4) is 11.5 Å². The normalized spacial score (nSPS) is 22.3. The Hall–Kier alpha value is -13.3. The van der Waals surface area contributed by atoms with E-state index in [1.807, 2.05) is 0 Å². The molecule has 3 fully saturated rings. The number of isocyanates is 2. The average Bonchev–Trinajstić information content (AvgIpc) is 1.75. The van der Waals surface area contributed by atoms with Crippen molar-refractivity contribution in [3.05, 3.63) is 144 Å². The van der Waals surface area contributed by atoms with Gasteiger partial charge in [0, 0.05) is 32.1 Å². The Balaban J connectivity index is 0.000000324. The number of guanidine groups is 3. The van der Waals surface area contributed by atoms with E-state index in [1.54, 1.807) is 136 Å². The fraction of sp³-hybridized carbons (Fsp3) is 0.419. The van der Waals surface area contributed by atoms with Crippen LogP contribution < -0.4 is 63.0 Å². The molecule has 0 saturated carbocycles. The quantitative estimate of drug-likeness (QED) is 0.00951. The van der Waals surface area contributed by atoms with Crippen molar-refractivity contribution in [2.45, 2.75) is 180 Å². The number of carbonyl (C=O) groups excluding carboxylic acids is 10. The summed E-state index contributed by atoms with van der Waals surface area (Å²) in [4.78, 5) is 139. The molecule has 6 aliphatic heterocycles. The molecular formula is C74H96B6N16O29. The SMILES string of the molecule is CB(O)N=C(NB(C)O)N[C@H]1C=C(C)O[C@@H]([C@H](O)[C@H]2COC(=O)O2)[C@@H]1NC(C)=O.CB(O)N=C(NB(C)O)N[C@H]1C=C(C)O[C@@H]([C@H](OC(=O)Nc2ccc(Cc3ccc(NC(=O)O[C@@H]([C@@H]4OC(C)=C[C@H](NC(=NB(C)O)NB(C)O)[C@H]4NC(C)=O)[C@H]4COC(=O)O4)cc3)cc2)[C@H]2COC(=O)O2)[C@@H]1NC(C)=O.O=C=Nc1ccc(Oc2ccc(N=C=O)cc2)cc1. The van der Waals surface area contributed by atoms with Gasteiger partial charge in [-0.1, -0.05) is 24.3 Å². The highest BCUT2D eigenvalue weighted by molar-refractivity contribution is 6.54. The van der Waals surface area contributed by atoms with E-state index in [2.05, 4.69) is 82.9 Å². The highest BCUT2D eigenvalue weighted by atomic mass is 16.8. The van der Waals surface area contributed by atoms with Crippen molar-refractivity contribution < 1.29 is 140 Å². The number of cyclic esters (lactones) is 6. The summed E-state index contributed by atoms with van der Waals surface area (Å²) in [5.74, 6) is 0.979. The third-order valence-electron chi connectivity index (χ3n) is 17.9. The number of hydrogen-bond acceptors (Lipinski definition) is 34. The number of nitrogens with one attached hydrogen (secondary N) is 11. The number of nitrogens with zero attached hydrogens (tertiary/aromatic N) is 5. The number of amides is 5. The van der Waals surface area contributed by atoms with E-state index in [1.165, 1.54) is 73.9 Å². The largest absolute Gasteiger partial charge is 0.508 e. The van der Waals surface area contributed by atoms with Gasteiger partial charge < -0.3 is 140 Å². The molecule has 45 nitrogen and oxygen atoms in total. The molecule has 5 amide bonds. The van der Waals surface area contributed by atoms with Gasteiger partial charge >= 0.3 is 73.0 Å². The lowest BCUT2D eigenvalue weighted by atomic mass is 9.87. The molecule has 0 aromatic heterocycles. The minimum absolute atomic E-state index is 0.0211. The number of rotatable bonds is 28. The van der Waals surface area contributed by atoms with Crippen molar-refractivity contribution in [1.29, 1.82) is 0 Å². The second-order valence-corrected chi connectivity index (χ2v) is 28.8. The number of allylic oxidation sites excluding steroid dienone is 3. The molecule has 0 spiro atoms. The summed E-state index contributed by atoms with van der Waals surface area (Å²) in [6.45, 7) is 16.5. The molecule has 4 aromatic rings. The standard InChI is InChI=1S/C45H62B4N10O18.C15H26B2N4O8.C14H8N2O3/c1-22-17-30(54-40(56-46(5)66)57-47(6)67)34(50-24(3)60)38(72-22)36(32-20-70-44(64)74-32)76-42(62)52-28-13-9-26(10-14-28)19-27-11-15-29(16-12-27)53-43(63)77-37(33-21-71-45(65)75-33)39-35(51-25(4)61)31(18-23(2)73-39)55-41(58-48(7)68)59-49(8)69;1-7-5-9(19-14(20-16(3)25)21-17(4)26)11(18-8(2)22)13(28-7)12(23)10-6-27-15(24)29-10;17-9-15-11-1-5-13(6-2-11)19-14-7-3-12(4-8-14)16-10-18/h9-18,30-39,66-69H,19-21H2,1-8H3,(H,50,60)(H,51,61)(H,52,62)(H,53,63)(H2,54,56,57)(H2,55,58,59);5,9-13,23,25-26H,6H2,1-4H3,(H,18,22)(H2,19,20,21);1-8H/t30-,31-,32+,33+,34+,35+,36+,37+,38+,39+;9-,10+,11+,12+,13+;/m00./s1. The highest BCUT2D eigenvalue weighted by Crippen LogP contribution is 2.33. The second-order valence-electron chi connectivity index (χ2n) is 28.8. The van der Waals surface area contributed by atoms with Gasteiger partial charge in [0.1, 0.15) is 37.4 Å². The van der Waals surface area contributed by atoms with Crippen LogP contribution in [0.4, 0.5) is 46.7 Å². The monoisotopic (exact) mass is 1740 g/mol. The van der Waals surface area contributed by atoms with E-state index in [-0.39, 0.29) is 43.6 Å². The van der Waals surface area contributed by atoms with E-state index in [9.17, 15) is 83.2 Å². The van der Waals surface area contributed by atoms with Crippen molar-refractivity contribution in [2.75, 3.05) is 30.5 Å². The summed E-state index contributed by atoms with van der Waals surface area (Å²) >= 11 is 0. The predicted molar refractivity (Wildman–Crippen MR) is 451 cm³/mol. The number of benzene rings is 4. The summed E-state index contributed by atoms with van der Waals surface area (Å²) in [6.07, 6.45) is -7.29. The second kappa shape index (κ2) is 46.8. The maximum atomic E-state index is 13.6. The first-order valence-electron chi connectivity index (χ1n) is 39.0. The van der Waals surface area contributed by atoms with Crippen molar-refractivity contribution in [1.82, 2.24) is 47.6 Å². The molecule has 6 aliphatic rings. The van der Waals surface area contributed by atoms with Gasteiger partial charge in [0.15, 0.2) is 66.7 Å². The molecule has 6 heterocycles. The van der Waals surface area contributed by atoms with Crippen LogP contribution in [0.1, 0.15) is 52.7 Å². The van der Waals surface area contributed by atoms with E-state index >= 15 is 0 Å². The van der Waals surface area contributed by atoms with Crippen LogP contribution in [-0.4, -0.2) is 267 Å². The van der Waals surface area contributed by atoms with Crippen molar-refractivity contribution in [3.63, 3.8) is 0 Å². The molecule has 664 valence electrons. The number of hydrogen-bond donors (Lipinski definition) is 18. The van der Waals surface area contributed by atoms with E-state index < -0.39 is 176 Å². The average molecular weight is 1740 g/mol. The molecular weight excluding hydrogens is 1640 g/mol. The smallest absolute Gasteiger partial charge is 0.490 e. The van der Waals surface area contributed by atoms with Crippen LogP contribution >= 0.6 is 0 Å². The van der Waals surface area contributed by atoms with E-state index in [4.69, 9.17) is 56.8 Å². The summed E-state index contributed by atoms with van der Waals surface area (Å²) in [6, 6.07) is 21.8. The number of aliphatic hydroxyl groups excluding tert-OH is 1. The zero-order chi connectivity index (χ0) is 91.3. The van der Waals surface area contributed by atoms with Crippen LogP contribution in [0.2, 0.25) is 40.9 Å². The van der Waals surface area contributed by atoms with Gasteiger partial charge in [0.05, 0.1) is 64.9 Å². The Morgan fingerprint density at radius 1 is 0.440 bits per heavy atom. The van der Waals surface area contributed by atoms with Crippen LogP contribution in [0.25, 0.3) is 0 Å². The third kappa shape index (κ3) is 31.5. The van der Waals surface area contributed by atoms with Crippen LogP contribution in [0.5, 0.6) is 11.5 Å². The van der Waals surface area contributed by atoms with Crippen molar-refractivity contribution >= 4 is 143 Å². The highest BCUT2D eigenvalue weighted by Gasteiger charge is 2.52. The number of aliphatic hydroxyl groups is 1. The Labute approximate surface area is 718 Å². The van der Waals surface area contributed by atoms with E-state index in [0.717, 1.165) is 11.1 Å². The first-order valence-corrected chi connectivity index (χ1v) is 39.0. The van der Waals surface area contributed by atoms with Gasteiger partial charge in [-0.25, -0.2) is 33.6 Å². The summed E-state index contributed by atoms with van der Waals surface area (Å²) in [7, 11) is -6.59. The van der Waals surface area contributed by atoms with Gasteiger partial charge in [-0.15, -0.1) is 0 Å². The van der Waals surface area contributed by atoms with Gasteiger partial charge in [0.2, 0.25) is 29.9 Å². The number of carbonyl (C=O) groups is 8. The first-order chi connectivity index (χ1) is 59.3. The minimum Gasteiger partial charge on any atom is -0.490 e. The van der Waals surface area contributed by atoms with Crippen LogP contribution in [-0.2, 0) is 82.5 Å². The molecule has 18 N–H and O–H groups in total.